The van der Waals surface area contributed by atoms with E-state index in [0.717, 1.165) is 0 Å². The number of carbonyl (C=O) groups is 1. The molecule has 1 rings (SSSR count). The molecule has 0 aromatic heterocycles. The Morgan fingerprint density at radius 3 is 2.16 bits per heavy atom. The van der Waals surface area contributed by atoms with Crippen molar-refractivity contribution in [2.75, 3.05) is 0 Å². The van der Waals surface area contributed by atoms with Gasteiger partial charge in [0.1, 0.15) is 22.1 Å². The number of benzene rings is 1. The van der Waals surface area contributed by atoms with Crippen LogP contribution in [0.2, 0.25) is 0 Å². The zero-order chi connectivity index (χ0) is 15.0. The Kier molecular flexibility index (Phi) is 3.97. The van der Waals surface area contributed by atoms with Crippen molar-refractivity contribution in [1.29, 1.82) is 0 Å². The van der Waals surface area contributed by atoms with Gasteiger partial charge in [-0.3, -0.25) is 0 Å². The quantitative estimate of drug-likeness (QED) is 0.838. The first-order valence-corrected chi connectivity index (χ1v) is 6.71. The molecule has 0 bridgehead atoms. The Bertz CT molecular complexity index is 620. The molecule has 0 radical (unpaired) electrons. The van der Waals surface area contributed by atoms with Gasteiger partial charge in [-0.15, -0.1) is 0 Å². The summed E-state index contributed by atoms with van der Waals surface area (Å²) < 4.78 is 53.8. The number of nitrogens with two attached hydrogens (primary N) is 1. The van der Waals surface area contributed by atoms with Gasteiger partial charge in [-0.2, -0.15) is 0 Å². The molecule has 0 fully saturated rings. The topological polar surface area (TPSA) is 86.5 Å². The van der Waals surface area contributed by atoms with Gasteiger partial charge in [-0.25, -0.2) is 27.1 Å². The molecule has 106 valence electrons. The predicted molar refractivity (Wildman–Crippen MR) is 62.9 cm³/mol. The zero-order valence-corrected chi connectivity index (χ0v) is 11.3. The summed E-state index contributed by atoms with van der Waals surface area (Å²) in [5, 5.41) is 4.76. The van der Waals surface area contributed by atoms with Gasteiger partial charge in [0.15, 0.2) is 0 Å². The molecule has 0 aliphatic rings. The van der Waals surface area contributed by atoms with E-state index in [-0.39, 0.29) is 6.07 Å². The van der Waals surface area contributed by atoms with Crippen LogP contribution in [0.3, 0.4) is 0 Å². The van der Waals surface area contributed by atoms with Crippen molar-refractivity contribution in [3.63, 3.8) is 0 Å². The number of sulfonamides is 1. The maximum atomic E-state index is 13.5. The van der Waals surface area contributed by atoms with Crippen LogP contribution in [0, 0.1) is 11.6 Å². The van der Waals surface area contributed by atoms with E-state index in [1.165, 1.54) is 0 Å². The van der Waals surface area contributed by atoms with Gasteiger partial charge in [-0.05, 0) is 26.8 Å². The number of hydrogen-bond acceptors (Lipinski definition) is 4. The minimum absolute atomic E-state index is 0.277. The molecule has 0 atom stereocenters. The lowest BCUT2D eigenvalue weighted by molar-refractivity contribution is 0.00643. The monoisotopic (exact) mass is 293 g/mol. The van der Waals surface area contributed by atoms with Gasteiger partial charge in [0.25, 0.3) is 0 Å². The number of rotatable bonds is 2. The van der Waals surface area contributed by atoms with Gasteiger partial charge in [0, 0.05) is 6.07 Å². The predicted octanol–water partition coefficient (Wildman–Crippen LogP) is 1.57. The molecule has 0 amide bonds. The maximum Gasteiger partial charge on any atom is 0.341 e. The highest BCUT2D eigenvalue weighted by molar-refractivity contribution is 7.89. The van der Waals surface area contributed by atoms with Gasteiger partial charge in [-0.1, -0.05) is 0 Å². The molecule has 0 unspecified atom stereocenters. The molecule has 0 saturated carbocycles. The van der Waals surface area contributed by atoms with Crippen molar-refractivity contribution in [3.8, 4) is 0 Å². The fourth-order valence-electron chi connectivity index (χ4n) is 1.24. The van der Waals surface area contributed by atoms with Crippen molar-refractivity contribution in [1.82, 2.24) is 0 Å². The summed E-state index contributed by atoms with van der Waals surface area (Å²) in [5.41, 5.74) is -1.60. The second-order valence-corrected chi connectivity index (χ2v) is 6.34. The second kappa shape index (κ2) is 4.86. The van der Waals surface area contributed by atoms with E-state index in [1.54, 1.807) is 20.8 Å². The van der Waals surface area contributed by atoms with Crippen molar-refractivity contribution in [3.05, 3.63) is 29.3 Å². The lowest BCUT2D eigenvalue weighted by Gasteiger charge is -2.19. The van der Waals surface area contributed by atoms with Gasteiger partial charge < -0.3 is 4.74 Å². The number of primary sulfonamides is 1. The SMILES string of the molecule is CC(C)(C)OC(=O)c1cc(S(N)(=O)=O)c(F)cc1F. The largest absolute Gasteiger partial charge is 0.456 e. The zero-order valence-electron chi connectivity index (χ0n) is 10.5. The Balaban J connectivity index is 3.34. The minimum atomic E-state index is -4.40. The molecule has 1 aromatic rings. The van der Waals surface area contributed by atoms with E-state index >= 15 is 0 Å². The van der Waals surface area contributed by atoms with Crippen LogP contribution in [0.1, 0.15) is 31.1 Å². The fourth-order valence-corrected chi connectivity index (χ4v) is 1.85. The van der Waals surface area contributed by atoms with Crippen molar-refractivity contribution in [2.45, 2.75) is 31.3 Å². The van der Waals surface area contributed by atoms with Gasteiger partial charge >= 0.3 is 5.97 Å². The van der Waals surface area contributed by atoms with E-state index < -0.39 is 43.7 Å². The summed E-state index contributed by atoms with van der Waals surface area (Å²) >= 11 is 0. The van der Waals surface area contributed by atoms with Gasteiger partial charge in [0.05, 0.1) is 5.56 Å². The maximum absolute atomic E-state index is 13.5. The third-order valence-electron chi connectivity index (χ3n) is 1.95. The summed E-state index contributed by atoms with van der Waals surface area (Å²) in [6, 6.07) is 0.799. The normalized spacial score (nSPS) is 12.3. The molecule has 0 aliphatic carbocycles. The Labute approximate surface area is 109 Å². The smallest absolute Gasteiger partial charge is 0.341 e. The van der Waals surface area contributed by atoms with Gasteiger partial charge in [0.2, 0.25) is 10.0 Å². The third kappa shape index (κ3) is 3.97. The average molecular weight is 293 g/mol. The Hall–Kier alpha value is -1.54. The summed E-state index contributed by atoms with van der Waals surface area (Å²) in [5.74, 6) is -3.69. The number of ether oxygens (including phenoxy) is 1. The molecule has 8 heteroatoms. The third-order valence-corrected chi connectivity index (χ3v) is 2.87. The molecule has 19 heavy (non-hydrogen) atoms. The number of hydrogen-bond donors (Lipinski definition) is 1. The van der Waals surface area contributed by atoms with Crippen LogP contribution >= 0.6 is 0 Å². The highest BCUT2D eigenvalue weighted by atomic mass is 32.2. The molecule has 0 spiro atoms. The number of halogens is 2. The number of esters is 1. The Morgan fingerprint density at radius 1 is 1.21 bits per heavy atom. The lowest BCUT2D eigenvalue weighted by atomic mass is 10.1. The van der Waals surface area contributed by atoms with Crippen LogP contribution in [0.5, 0.6) is 0 Å². The lowest BCUT2D eigenvalue weighted by Crippen LogP contribution is -2.25. The second-order valence-electron chi connectivity index (χ2n) is 4.81. The molecule has 0 aliphatic heterocycles. The summed E-state index contributed by atoms with van der Waals surface area (Å²) in [6.45, 7) is 4.65. The highest BCUT2D eigenvalue weighted by Gasteiger charge is 2.25. The molecule has 1 aromatic carbocycles. The van der Waals surface area contributed by atoms with Crippen LogP contribution in [-0.4, -0.2) is 20.0 Å². The van der Waals surface area contributed by atoms with Crippen molar-refractivity contribution in [2.24, 2.45) is 5.14 Å². The van der Waals surface area contributed by atoms with Crippen LogP contribution in [0.25, 0.3) is 0 Å². The average Bonchev–Trinajstić information content (AvgIpc) is 2.11. The van der Waals surface area contributed by atoms with Crippen LogP contribution in [0.15, 0.2) is 17.0 Å². The Morgan fingerprint density at radius 2 is 1.74 bits per heavy atom. The van der Waals surface area contributed by atoms with Crippen LogP contribution in [-0.2, 0) is 14.8 Å². The summed E-state index contributed by atoms with van der Waals surface area (Å²) in [6.07, 6.45) is 0. The molecule has 0 saturated heterocycles. The molecule has 5 nitrogen and oxygen atoms in total. The highest BCUT2D eigenvalue weighted by Crippen LogP contribution is 2.21. The van der Waals surface area contributed by atoms with Crippen molar-refractivity contribution < 1.29 is 26.7 Å². The molecule has 2 N–H and O–H groups in total. The van der Waals surface area contributed by atoms with Crippen molar-refractivity contribution >= 4 is 16.0 Å². The van der Waals surface area contributed by atoms with E-state index in [4.69, 9.17) is 9.88 Å². The van der Waals surface area contributed by atoms with E-state index in [0.29, 0.717) is 6.07 Å². The molecular weight excluding hydrogens is 280 g/mol. The van der Waals surface area contributed by atoms with E-state index in [9.17, 15) is 22.0 Å². The molecule has 0 heterocycles. The van der Waals surface area contributed by atoms with Crippen LogP contribution in [0.4, 0.5) is 8.78 Å². The summed E-state index contributed by atoms with van der Waals surface area (Å²) in [4.78, 5) is 10.7. The van der Waals surface area contributed by atoms with E-state index in [1.807, 2.05) is 0 Å². The first-order chi connectivity index (χ1) is 8.42. The molecular formula is C11H13F2NO4S. The van der Waals surface area contributed by atoms with Crippen LogP contribution < -0.4 is 5.14 Å². The van der Waals surface area contributed by atoms with E-state index in [2.05, 4.69) is 0 Å². The number of carbonyl (C=O) groups excluding carboxylic acids is 1. The standard InChI is InChI=1S/C11H13F2NO4S/c1-11(2,3)18-10(15)6-4-9(19(14,16)17)8(13)5-7(6)12/h4-5H,1-3H3,(H2,14,16,17). The first kappa shape index (κ1) is 15.5. The summed E-state index contributed by atoms with van der Waals surface area (Å²) in [7, 11) is -4.40. The first-order valence-electron chi connectivity index (χ1n) is 5.17. The fraction of sp³-hybridized carbons (Fsp3) is 0.364. The minimum Gasteiger partial charge on any atom is -0.456 e.